The van der Waals surface area contributed by atoms with E-state index < -0.39 is 0 Å². The minimum absolute atomic E-state index is 0.374. The van der Waals surface area contributed by atoms with E-state index in [0.717, 1.165) is 12.0 Å². The minimum Gasteiger partial charge on any atom is -0.386 e. The van der Waals surface area contributed by atoms with Crippen molar-refractivity contribution in [1.82, 2.24) is 5.32 Å². The van der Waals surface area contributed by atoms with Crippen molar-refractivity contribution in [3.8, 4) is 0 Å². The van der Waals surface area contributed by atoms with Crippen LogP contribution in [0.15, 0.2) is 11.3 Å². The molecule has 2 nitrogen and oxygen atoms in total. The molecule has 0 aliphatic heterocycles. The van der Waals surface area contributed by atoms with Crippen molar-refractivity contribution in [2.45, 2.75) is 65.3 Å². The van der Waals surface area contributed by atoms with Crippen LogP contribution in [0.3, 0.4) is 0 Å². The molecule has 0 spiro atoms. The molecule has 2 heteroatoms. The van der Waals surface area contributed by atoms with Gasteiger partial charge >= 0.3 is 0 Å². The van der Waals surface area contributed by atoms with Crippen LogP contribution < -0.4 is 5.32 Å². The number of hydrogen-bond acceptors (Lipinski definition) is 2. The molecule has 3 rings (SSSR count). The Bertz CT molecular complexity index is 401. The molecule has 0 amide bonds. The molecule has 3 saturated carbocycles. The van der Waals surface area contributed by atoms with Gasteiger partial charge in [0.25, 0.3) is 0 Å². The predicted octanol–water partition coefficient (Wildman–Crippen LogP) is 3.43. The first-order chi connectivity index (χ1) is 8.51. The van der Waals surface area contributed by atoms with E-state index in [1.807, 2.05) is 0 Å². The Labute approximate surface area is 110 Å². The molecule has 0 heterocycles. The molecule has 0 bridgehead atoms. The zero-order chi connectivity index (χ0) is 12.9. The molecule has 0 saturated heterocycles. The molecule has 18 heavy (non-hydrogen) atoms. The van der Waals surface area contributed by atoms with Gasteiger partial charge < -0.3 is 5.32 Å². The molecule has 2 atom stereocenters. The van der Waals surface area contributed by atoms with Crippen LogP contribution in [0.25, 0.3) is 0 Å². The summed E-state index contributed by atoms with van der Waals surface area (Å²) in [6.07, 6.45) is 7.39. The van der Waals surface area contributed by atoms with Gasteiger partial charge in [0.15, 0.2) is 5.78 Å². The first-order valence-corrected chi connectivity index (χ1v) is 7.52. The lowest BCUT2D eigenvalue weighted by Crippen LogP contribution is -2.31. The summed E-state index contributed by atoms with van der Waals surface area (Å²) in [5, 5.41) is 3.64. The maximum Gasteiger partial charge on any atom is 0.161 e. The summed E-state index contributed by atoms with van der Waals surface area (Å²) in [4.78, 5) is 12.1. The number of fused-ring (bicyclic) bond motifs is 1. The van der Waals surface area contributed by atoms with E-state index in [4.69, 9.17) is 0 Å². The van der Waals surface area contributed by atoms with Crippen molar-refractivity contribution in [3.63, 3.8) is 0 Å². The molecule has 100 valence electrons. The maximum atomic E-state index is 12.1. The number of Topliss-reactive ketones (excluding diaryl/α,β-unsaturated/α-hetero) is 1. The van der Waals surface area contributed by atoms with Gasteiger partial charge in [-0.15, -0.1) is 0 Å². The lowest BCUT2D eigenvalue weighted by Gasteiger charge is -2.25. The number of carbonyl (C=O) groups is 1. The summed E-state index contributed by atoms with van der Waals surface area (Å²) in [6, 6.07) is 0.611. The van der Waals surface area contributed by atoms with E-state index in [0.29, 0.717) is 29.1 Å². The van der Waals surface area contributed by atoms with Gasteiger partial charge in [0.05, 0.1) is 0 Å². The van der Waals surface area contributed by atoms with Crippen molar-refractivity contribution < 1.29 is 4.79 Å². The standard InChI is InChI=1S/C16H25NO/c1-10(17-11-7-5-4-6-8-11)14-13(18)9-12-15(14)16(12,2)3/h11-12,15,17H,4-9H2,1-3H3/b14-10+/t12-,15-/m1/s1. The first kappa shape index (κ1) is 12.3. The van der Waals surface area contributed by atoms with E-state index in [1.165, 1.54) is 37.8 Å². The molecule has 0 aromatic rings. The van der Waals surface area contributed by atoms with Crippen molar-refractivity contribution in [2.75, 3.05) is 0 Å². The van der Waals surface area contributed by atoms with Gasteiger partial charge in [0, 0.05) is 23.7 Å². The van der Waals surface area contributed by atoms with E-state index in [1.54, 1.807) is 0 Å². The fourth-order valence-electron chi connectivity index (χ4n) is 4.25. The Kier molecular flexibility index (Phi) is 2.80. The average molecular weight is 247 g/mol. The SMILES string of the molecule is C/C(NC1CCCCC1)=C1/C(=O)C[C@@H]2[C@H]1C2(C)C. The second kappa shape index (κ2) is 4.11. The third-order valence-corrected chi connectivity index (χ3v) is 5.50. The summed E-state index contributed by atoms with van der Waals surface area (Å²) < 4.78 is 0. The highest BCUT2D eigenvalue weighted by Gasteiger charge is 2.65. The molecule has 0 radical (unpaired) electrons. The molecular weight excluding hydrogens is 222 g/mol. The van der Waals surface area contributed by atoms with E-state index in [2.05, 4.69) is 26.1 Å². The van der Waals surface area contributed by atoms with E-state index in [9.17, 15) is 4.79 Å². The molecule has 0 aromatic carbocycles. The monoisotopic (exact) mass is 247 g/mol. The van der Waals surface area contributed by atoms with E-state index >= 15 is 0 Å². The van der Waals surface area contributed by atoms with Gasteiger partial charge in [-0.25, -0.2) is 0 Å². The van der Waals surface area contributed by atoms with Gasteiger partial charge in [-0.1, -0.05) is 33.1 Å². The number of carbonyl (C=O) groups excluding carboxylic acids is 1. The summed E-state index contributed by atoms with van der Waals surface area (Å²) in [5.74, 6) is 1.58. The van der Waals surface area contributed by atoms with E-state index in [-0.39, 0.29) is 0 Å². The van der Waals surface area contributed by atoms with Crippen LogP contribution in [-0.2, 0) is 4.79 Å². The summed E-state index contributed by atoms with van der Waals surface area (Å²) >= 11 is 0. The van der Waals surface area contributed by atoms with Crippen molar-refractivity contribution in [3.05, 3.63) is 11.3 Å². The van der Waals surface area contributed by atoms with Gasteiger partial charge in [-0.2, -0.15) is 0 Å². The first-order valence-electron chi connectivity index (χ1n) is 7.52. The van der Waals surface area contributed by atoms with Crippen LogP contribution in [-0.4, -0.2) is 11.8 Å². The van der Waals surface area contributed by atoms with Crippen LogP contribution >= 0.6 is 0 Å². The normalized spacial score (nSPS) is 37.4. The third kappa shape index (κ3) is 1.81. The third-order valence-electron chi connectivity index (χ3n) is 5.50. The lowest BCUT2D eigenvalue weighted by atomic mass is 9.93. The Balaban J connectivity index is 1.74. The van der Waals surface area contributed by atoms with Crippen molar-refractivity contribution in [1.29, 1.82) is 0 Å². The Hall–Kier alpha value is -0.790. The van der Waals surface area contributed by atoms with Crippen LogP contribution in [0.4, 0.5) is 0 Å². The van der Waals surface area contributed by atoms with Crippen molar-refractivity contribution >= 4 is 5.78 Å². The molecule has 0 aromatic heterocycles. The maximum absolute atomic E-state index is 12.1. The van der Waals surface area contributed by atoms with Gasteiger partial charge in [0.1, 0.15) is 0 Å². The number of ketones is 1. The van der Waals surface area contributed by atoms with Crippen LogP contribution in [0, 0.1) is 17.3 Å². The zero-order valence-electron chi connectivity index (χ0n) is 11.9. The quantitative estimate of drug-likeness (QED) is 0.757. The van der Waals surface area contributed by atoms with Gasteiger partial charge in [-0.3, -0.25) is 4.79 Å². The number of allylic oxidation sites excluding steroid dienone is 2. The second-order valence-corrected chi connectivity index (χ2v) is 7.05. The van der Waals surface area contributed by atoms with Gasteiger partial charge in [-0.05, 0) is 37.0 Å². The van der Waals surface area contributed by atoms with Crippen LogP contribution in [0.5, 0.6) is 0 Å². The smallest absolute Gasteiger partial charge is 0.161 e. The van der Waals surface area contributed by atoms with Crippen LogP contribution in [0.1, 0.15) is 59.3 Å². The fourth-order valence-corrected chi connectivity index (χ4v) is 4.25. The highest BCUT2D eigenvalue weighted by molar-refractivity contribution is 6.01. The predicted molar refractivity (Wildman–Crippen MR) is 73.1 cm³/mol. The number of hydrogen-bond donors (Lipinski definition) is 1. The van der Waals surface area contributed by atoms with Crippen molar-refractivity contribution in [2.24, 2.45) is 17.3 Å². The molecule has 1 N–H and O–H groups in total. The Morgan fingerprint density at radius 1 is 1.22 bits per heavy atom. The fraction of sp³-hybridized carbons (Fsp3) is 0.812. The molecule has 3 fully saturated rings. The summed E-state index contributed by atoms with van der Waals surface area (Å²) in [5.41, 5.74) is 2.69. The largest absolute Gasteiger partial charge is 0.386 e. The Morgan fingerprint density at radius 2 is 1.89 bits per heavy atom. The molecule has 3 aliphatic rings. The molecular formula is C16H25NO. The van der Waals surface area contributed by atoms with Crippen LogP contribution in [0.2, 0.25) is 0 Å². The number of rotatable bonds is 2. The second-order valence-electron chi connectivity index (χ2n) is 7.05. The summed E-state index contributed by atoms with van der Waals surface area (Å²) in [7, 11) is 0. The highest BCUT2D eigenvalue weighted by atomic mass is 16.1. The highest BCUT2D eigenvalue weighted by Crippen LogP contribution is 2.68. The molecule has 3 aliphatic carbocycles. The molecule has 0 unspecified atom stereocenters. The topological polar surface area (TPSA) is 29.1 Å². The lowest BCUT2D eigenvalue weighted by molar-refractivity contribution is -0.115. The minimum atomic E-state index is 0.374. The average Bonchev–Trinajstić information content (AvgIpc) is 2.71. The number of nitrogens with one attached hydrogen (secondary N) is 1. The zero-order valence-corrected chi connectivity index (χ0v) is 11.9. The van der Waals surface area contributed by atoms with Gasteiger partial charge in [0.2, 0.25) is 0 Å². The Morgan fingerprint density at radius 3 is 2.50 bits per heavy atom. The summed E-state index contributed by atoms with van der Waals surface area (Å²) in [6.45, 7) is 6.74.